The molecule has 0 radical (unpaired) electrons. The number of anilines is 2. The molecule has 0 atom stereocenters. The summed E-state index contributed by atoms with van der Waals surface area (Å²) in [6, 6.07) is 5.47. The second kappa shape index (κ2) is 9.55. The fraction of sp³-hybridized carbons (Fsp3) is 0.474. The predicted octanol–water partition coefficient (Wildman–Crippen LogP) is 3.81. The summed E-state index contributed by atoms with van der Waals surface area (Å²) in [4.78, 5) is 23.9. The fourth-order valence-corrected chi connectivity index (χ4v) is 3.34. The summed E-state index contributed by atoms with van der Waals surface area (Å²) in [6.45, 7) is 10.7. The van der Waals surface area contributed by atoms with Crippen molar-refractivity contribution in [3.8, 4) is 0 Å². The zero-order valence-corrected chi connectivity index (χ0v) is 17.3. The lowest BCUT2D eigenvalue weighted by Gasteiger charge is -2.11. The van der Waals surface area contributed by atoms with Crippen LogP contribution in [0.1, 0.15) is 51.4 Å². The number of thioether (sulfide) groups is 1. The topological polar surface area (TPSA) is 88.9 Å². The average Bonchev–Trinajstić information content (AvgIpc) is 3.05. The quantitative estimate of drug-likeness (QED) is 0.670. The number of rotatable bonds is 8. The van der Waals surface area contributed by atoms with Crippen molar-refractivity contribution in [1.82, 2.24) is 14.8 Å². The molecule has 27 heavy (non-hydrogen) atoms. The molecular formula is C19H27N5O2S. The molecule has 2 rings (SSSR count). The van der Waals surface area contributed by atoms with E-state index in [0.717, 1.165) is 23.1 Å². The normalized spacial score (nSPS) is 10.9. The van der Waals surface area contributed by atoms with E-state index in [1.807, 2.05) is 30.5 Å². The largest absolute Gasteiger partial charge is 0.326 e. The SMILES string of the molecule is CCC(=O)Nc1cc(NC(=O)CSc2nnc(C(C)C)n2CC)ccc1C. The average molecular weight is 390 g/mol. The molecule has 0 aliphatic carbocycles. The van der Waals surface area contributed by atoms with Crippen molar-refractivity contribution in [2.45, 2.75) is 58.7 Å². The number of aromatic nitrogens is 3. The van der Waals surface area contributed by atoms with Crippen molar-refractivity contribution in [3.63, 3.8) is 0 Å². The van der Waals surface area contributed by atoms with E-state index < -0.39 is 0 Å². The maximum atomic E-state index is 12.3. The summed E-state index contributed by atoms with van der Waals surface area (Å²) < 4.78 is 2.03. The van der Waals surface area contributed by atoms with E-state index >= 15 is 0 Å². The minimum absolute atomic E-state index is 0.0583. The monoisotopic (exact) mass is 389 g/mol. The summed E-state index contributed by atoms with van der Waals surface area (Å²) >= 11 is 1.37. The first-order valence-corrected chi connectivity index (χ1v) is 10.1. The Morgan fingerprint density at radius 3 is 2.52 bits per heavy atom. The van der Waals surface area contributed by atoms with Gasteiger partial charge in [0.05, 0.1) is 5.75 Å². The molecule has 2 N–H and O–H groups in total. The van der Waals surface area contributed by atoms with E-state index in [-0.39, 0.29) is 23.5 Å². The van der Waals surface area contributed by atoms with Gasteiger partial charge in [0.2, 0.25) is 11.8 Å². The van der Waals surface area contributed by atoms with Crippen molar-refractivity contribution >= 4 is 35.0 Å². The van der Waals surface area contributed by atoms with Crippen LogP contribution in [0.25, 0.3) is 0 Å². The molecule has 0 saturated heterocycles. The van der Waals surface area contributed by atoms with E-state index in [4.69, 9.17) is 0 Å². The number of aryl methyl sites for hydroxylation is 1. The van der Waals surface area contributed by atoms with Gasteiger partial charge >= 0.3 is 0 Å². The lowest BCUT2D eigenvalue weighted by Crippen LogP contribution is -2.16. The molecule has 0 aliphatic heterocycles. The van der Waals surface area contributed by atoms with Crippen LogP contribution in [0.15, 0.2) is 23.4 Å². The van der Waals surface area contributed by atoms with Gasteiger partial charge in [-0.1, -0.05) is 38.6 Å². The van der Waals surface area contributed by atoms with E-state index in [1.54, 1.807) is 13.0 Å². The summed E-state index contributed by atoms with van der Waals surface area (Å²) in [5.74, 6) is 1.26. The minimum atomic E-state index is -0.131. The Kier molecular flexibility index (Phi) is 7.41. The Hall–Kier alpha value is -2.35. The first kappa shape index (κ1) is 21.0. The maximum absolute atomic E-state index is 12.3. The fourth-order valence-electron chi connectivity index (χ4n) is 2.53. The second-order valence-corrected chi connectivity index (χ2v) is 7.45. The lowest BCUT2D eigenvalue weighted by molar-refractivity contribution is -0.116. The number of carbonyl (C=O) groups excluding carboxylic acids is 2. The van der Waals surface area contributed by atoms with Crippen LogP contribution in [-0.4, -0.2) is 32.3 Å². The Labute approximate surface area is 164 Å². The molecule has 0 spiro atoms. The van der Waals surface area contributed by atoms with Crippen molar-refractivity contribution in [2.24, 2.45) is 0 Å². The van der Waals surface area contributed by atoms with Crippen LogP contribution in [0.2, 0.25) is 0 Å². The van der Waals surface area contributed by atoms with Gasteiger partial charge in [-0.05, 0) is 31.5 Å². The van der Waals surface area contributed by atoms with Gasteiger partial charge in [0, 0.05) is 30.3 Å². The number of nitrogens with one attached hydrogen (secondary N) is 2. The highest BCUT2D eigenvalue weighted by molar-refractivity contribution is 7.99. The van der Waals surface area contributed by atoms with Crippen LogP contribution in [0.3, 0.4) is 0 Å². The second-order valence-electron chi connectivity index (χ2n) is 6.51. The van der Waals surface area contributed by atoms with E-state index in [1.165, 1.54) is 11.8 Å². The molecule has 8 heteroatoms. The lowest BCUT2D eigenvalue weighted by atomic mass is 10.1. The number of carbonyl (C=O) groups is 2. The molecule has 2 amide bonds. The molecule has 0 fully saturated rings. The van der Waals surface area contributed by atoms with Gasteiger partial charge in [-0.25, -0.2) is 0 Å². The van der Waals surface area contributed by atoms with E-state index in [9.17, 15) is 9.59 Å². The van der Waals surface area contributed by atoms with Crippen LogP contribution in [0.5, 0.6) is 0 Å². The molecule has 0 unspecified atom stereocenters. The van der Waals surface area contributed by atoms with Crippen molar-refractivity contribution < 1.29 is 9.59 Å². The summed E-state index contributed by atoms with van der Waals surface area (Å²) in [5, 5.41) is 14.9. The summed E-state index contributed by atoms with van der Waals surface area (Å²) in [5.41, 5.74) is 2.30. The molecule has 0 saturated carbocycles. The smallest absolute Gasteiger partial charge is 0.234 e. The van der Waals surface area contributed by atoms with Crippen molar-refractivity contribution in [2.75, 3.05) is 16.4 Å². The molecule has 2 aromatic rings. The summed E-state index contributed by atoms with van der Waals surface area (Å²) in [6.07, 6.45) is 0.406. The standard InChI is InChI=1S/C19H27N5O2S/c1-6-16(25)21-15-10-14(9-8-13(15)5)20-17(26)11-27-19-23-22-18(12(3)4)24(19)7-2/h8-10,12H,6-7,11H2,1-5H3,(H,20,26)(H,21,25). The zero-order valence-electron chi connectivity index (χ0n) is 16.5. The van der Waals surface area contributed by atoms with Crippen molar-refractivity contribution in [1.29, 1.82) is 0 Å². The highest BCUT2D eigenvalue weighted by atomic mass is 32.2. The van der Waals surface area contributed by atoms with Gasteiger partial charge in [-0.15, -0.1) is 10.2 Å². The Morgan fingerprint density at radius 1 is 1.15 bits per heavy atom. The highest BCUT2D eigenvalue weighted by Gasteiger charge is 2.15. The molecule has 1 heterocycles. The number of nitrogens with zero attached hydrogens (tertiary/aromatic N) is 3. The molecular weight excluding hydrogens is 362 g/mol. The highest BCUT2D eigenvalue weighted by Crippen LogP contribution is 2.23. The third kappa shape index (κ3) is 5.56. The Bertz CT molecular complexity index is 816. The van der Waals surface area contributed by atoms with Crippen LogP contribution in [0.4, 0.5) is 11.4 Å². The third-order valence-electron chi connectivity index (χ3n) is 4.03. The molecule has 7 nitrogen and oxygen atoms in total. The summed E-state index contributed by atoms with van der Waals surface area (Å²) in [7, 11) is 0. The number of benzene rings is 1. The first-order valence-electron chi connectivity index (χ1n) is 9.11. The zero-order chi connectivity index (χ0) is 20.0. The van der Waals surface area contributed by atoms with Crippen LogP contribution >= 0.6 is 11.8 Å². The van der Waals surface area contributed by atoms with Gasteiger partial charge in [0.1, 0.15) is 5.82 Å². The van der Waals surface area contributed by atoms with Crippen LogP contribution in [0, 0.1) is 6.92 Å². The van der Waals surface area contributed by atoms with Gasteiger partial charge in [0.25, 0.3) is 0 Å². The number of hydrogen-bond acceptors (Lipinski definition) is 5. The molecule has 1 aromatic heterocycles. The maximum Gasteiger partial charge on any atom is 0.234 e. The van der Waals surface area contributed by atoms with E-state index in [0.29, 0.717) is 17.8 Å². The molecule has 0 bridgehead atoms. The predicted molar refractivity (Wildman–Crippen MR) is 109 cm³/mol. The minimum Gasteiger partial charge on any atom is -0.326 e. The molecule has 0 aliphatic rings. The van der Waals surface area contributed by atoms with Gasteiger partial charge in [-0.2, -0.15) is 0 Å². The van der Waals surface area contributed by atoms with Crippen LogP contribution in [-0.2, 0) is 16.1 Å². The first-order chi connectivity index (χ1) is 12.8. The molecule has 146 valence electrons. The third-order valence-corrected chi connectivity index (χ3v) is 4.99. The van der Waals surface area contributed by atoms with E-state index in [2.05, 4.69) is 34.7 Å². The van der Waals surface area contributed by atoms with Crippen LogP contribution < -0.4 is 10.6 Å². The Morgan fingerprint density at radius 2 is 1.89 bits per heavy atom. The molecule has 1 aromatic carbocycles. The Balaban J connectivity index is 2.00. The van der Waals surface area contributed by atoms with Gasteiger partial charge in [0.15, 0.2) is 5.16 Å². The van der Waals surface area contributed by atoms with Gasteiger partial charge in [-0.3, -0.25) is 9.59 Å². The number of hydrogen-bond donors (Lipinski definition) is 2. The number of amides is 2. The van der Waals surface area contributed by atoms with Gasteiger partial charge < -0.3 is 15.2 Å². The van der Waals surface area contributed by atoms with Crippen molar-refractivity contribution in [3.05, 3.63) is 29.6 Å².